The number of aromatic nitrogens is 2. The van der Waals surface area contributed by atoms with Crippen molar-refractivity contribution >= 4 is 17.2 Å². The molecule has 2 heterocycles. The lowest BCUT2D eigenvalue weighted by molar-refractivity contribution is 0.102. The summed E-state index contributed by atoms with van der Waals surface area (Å²) in [7, 11) is 0. The van der Waals surface area contributed by atoms with Gasteiger partial charge in [0.1, 0.15) is 5.65 Å². The Morgan fingerprint density at radius 3 is 2.76 bits per heavy atom. The number of hydrogen-bond acceptors (Lipinski definition) is 2. The smallest absolute Gasteiger partial charge is 0.255 e. The van der Waals surface area contributed by atoms with Crippen LogP contribution in [0.25, 0.3) is 5.65 Å². The van der Waals surface area contributed by atoms with E-state index in [2.05, 4.69) is 10.3 Å². The number of nitrogens with zero attached hydrogens (tertiary/aromatic N) is 2. The molecule has 106 valence electrons. The monoisotopic (exact) mass is 279 g/mol. The maximum atomic E-state index is 12.4. The molecule has 0 aliphatic rings. The zero-order valence-electron chi connectivity index (χ0n) is 12.3. The number of carbonyl (C=O) groups is 1. The highest BCUT2D eigenvalue weighted by Gasteiger charge is 2.09. The summed E-state index contributed by atoms with van der Waals surface area (Å²) in [5, 5.41) is 2.96. The number of hydrogen-bond donors (Lipinski definition) is 1. The van der Waals surface area contributed by atoms with E-state index in [4.69, 9.17) is 0 Å². The minimum absolute atomic E-state index is 0.119. The molecule has 0 bridgehead atoms. The summed E-state index contributed by atoms with van der Waals surface area (Å²) < 4.78 is 1.91. The average molecular weight is 279 g/mol. The summed E-state index contributed by atoms with van der Waals surface area (Å²) in [6.07, 6.45) is 3.79. The molecule has 0 aliphatic carbocycles. The van der Waals surface area contributed by atoms with Gasteiger partial charge in [-0.3, -0.25) is 4.79 Å². The van der Waals surface area contributed by atoms with Crippen molar-refractivity contribution in [2.75, 3.05) is 5.32 Å². The van der Waals surface area contributed by atoms with Crippen LogP contribution >= 0.6 is 0 Å². The molecule has 4 heteroatoms. The van der Waals surface area contributed by atoms with Gasteiger partial charge in [-0.2, -0.15) is 0 Å². The van der Waals surface area contributed by atoms with Crippen LogP contribution in [0.5, 0.6) is 0 Å². The van der Waals surface area contributed by atoms with Gasteiger partial charge in [-0.15, -0.1) is 0 Å². The van der Waals surface area contributed by atoms with Gasteiger partial charge in [-0.1, -0.05) is 12.1 Å². The molecular formula is C17H17N3O. The molecule has 0 saturated heterocycles. The zero-order valence-corrected chi connectivity index (χ0v) is 12.3. The van der Waals surface area contributed by atoms with Gasteiger partial charge in [0, 0.05) is 23.6 Å². The Morgan fingerprint density at radius 1 is 1.14 bits per heavy atom. The Balaban J connectivity index is 1.91. The molecule has 0 aliphatic heterocycles. The molecule has 2 aromatic heterocycles. The first kappa shape index (κ1) is 13.4. The van der Waals surface area contributed by atoms with Gasteiger partial charge in [0.2, 0.25) is 0 Å². The van der Waals surface area contributed by atoms with Crippen LogP contribution < -0.4 is 5.32 Å². The fourth-order valence-corrected chi connectivity index (χ4v) is 2.31. The number of amides is 1. The van der Waals surface area contributed by atoms with E-state index >= 15 is 0 Å². The van der Waals surface area contributed by atoms with Gasteiger partial charge >= 0.3 is 0 Å². The molecular weight excluding hydrogens is 262 g/mol. The second kappa shape index (κ2) is 5.05. The Morgan fingerprint density at radius 2 is 1.95 bits per heavy atom. The van der Waals surface area contributed by atoms with Crippen LogP contribution in [0.1, 0.15) is 27.2 Å². The number of imidazole rings is 1. The van der Waals surface area contributed by atoms with E-state index in [0.717, 1.165) is 28.2 Å². The minimum atomic E-state index is -0.119. The number of rotatable bonds is 2. The van der Waals surface area contributed by atoms with Gasteiger partial charge in [-0.25, -0.2) is 4.98 Å². The van der Waals surface area contributed by atoms with Crippen molar-refractivity contribution in [1.29, 1.82) is 0 Å². The summed E-state index contributed by atoms with van der Waals surface area (Å²) >= 11 is 0. The van der Waals surface area contributed by atoms with E-state index in [1.165, 1.54) is 0 Å². The topological polar surface area (TPSA) is 46.4 Å². The summed E-state index contributed by atoms with van der Waals surface area (Å²) in [6.45, 7) is 5.92. The lowest BCUT2D eigenvalue weighted by atomic mass is 10.1. The second-order valence-corrected chi connectivity index (χ2v) is 5.34. The van der Waals surface area contributed by atoms with Crippen LogP contribution in [0.2, 0.25) is 0 Å². The molecule has 21 heavy (non-hydrogen) atoms. The van der Waals surface area contributed by atoms with Gasteiger partial charge in [0.25, 0.3) is 5.91 Å². The van der Waals surface area contributed by atoms with Gasteiger partial charge in [0.15, 0.2) is 0 Å². The molecule has 0 fully saturated rings. The van der Waals surface area contributed by atoms with Crippen molar-refractivity contribution < 1.29 is 4.79 Å². The molecule has 3 rings (SSSR count). The number of fused-ring (bicyclic) bond motifs is 1. The van der Waals surface area contributed by atoms with E-state index in [1.54, 1.807) is 12.1 Å². The molecule has 1 N–H and O–H groups in total. The van der Waals surface area contributed by atoms with Crippen molar-refractivity contribution in [1.82, 2.24) is 9.38 Å². The van der Waals surface area contributed by atoms with Gasteiger partial charge in [-0.05, 0) is 50.1 Å². The first-order valence-corrected chi connectivity index (χ1v) is 6.87. The molecule has 1 amide bonds. The van der Waals surface area contributed by atoms with Gasteiger partial charge < -0.3 is 9.72 Å². The van der Waals surface area contributed by atoms with Crippen molar-refractivity contribution in [2.45, 2.75) is 20.8 Å². The highest BCUT2D eigenvalue weighted by Crippen LogP contribution is 2.18. The Bertz CT molecular complexity index is 833. The van der Waals surface area contributed by atoms with E-state index in [-0.39, 0.29) is 5.91 Å². The number of pyridine rings is 1. The normalized spacial score (nSPS) is 10.8. The van der Waals surface area contributed by atoms with Crippen molar-refractivity contribution in [3.8, 4) is 0 Å². The van der Waals surface area contributed by atoms with Crippen molar-refractivity contribution in [3.05, 3.63) is 65.1 Å². The van der Waals surface area contributed by atoms with Crippen LogP contribution in [0.3, 0.4) is 0 Å². The van der Waals surface area contributed by atoms with Crippen LogP contribution in [0, 0.1) is 20.8 Å². The summed E-state index contributed by atoms with van der Waals surface area (Å²) in [4.78, 5) is 16.8. The van der Waals surface area contributed by atoms with Gasteiger partial charge in [0.05, 0.1) is 5.69 Å². The van der Waals surface area contributed by atoms with Crippen LogP contribution in [0.15, 0.2) is 42.7 Å². The maximum absolute atomic E-state index is 12.4. The minimum Gasteiger partial charge on any atom is -0.322 e. The third kappa shape index (κ3) is 2.65. The summed E-state index contributed by atoms with van der Waals surface area (Å²) in [5.74, 6) is -0.119. The van der Waals surface area contributed by atoms with E-state index in [1.807, 2.05) is 55.8 Å². The van der Waals surface area contributed by atoms with E-state index in [9.17, 15) is 4.79 Å². The fourth-order valence-electron chi connectivity index (χ4n) is 2.31. The van der Waals surface area contributed by atoms with Crippen LogP contribution in [0.4, 0.5) is 5.69 Å². The standard InChI is InChI=1S/C17H17N3O/c1-11-4-5-12(2)15(8-11)19-17(21)14-6-7-20-10-13(3)18-16(20)9-14/h4-10H,1-3H3,(H,19,21). The zero-order chi connectivity index (χ0) is 15.0. The predicted molar refractivity (Wildman–Crippen MR) is 83.8 cm³/mol. The molecule has 0 spiro atoms. The molecule has 1 aromatic carbocycles. The molecule has 0 radical (unpaired) electrons. The van der Waals surface area contributed by atoms with E-state index < -0.39 is 0 Å². The highest BCUT2D eigenvalue weighted by atomic mass is 16.1. The fraction of sp³-hybridized carbons (Fsp3) is 0.176. The third-order valence-electron chi connectivity index (χ3n) is 3.48. The van der Waals surface area contributed by atoms with Crippen molar-refractivity contribution in [3.63, 3.8) is 0 Å². The molecule has 0 unspecified atom stereocenters. The molecule has 3 aromatic rings. The molecule has 0 atom stereocenters. The Kier molecular flexibility index (Phi) is 3.22. The van der Waals surface area contributed by atoms with Crippen LogP contribution in [-0.2, 0) is 0 Å². The summed E-state index contributed by atoms with van der Waals surface area (Å²) in [5.41, 5.74) is 5.33. The third-order valence-corrected chi connectivity index (χ3v) is 3.48. The Hall–Kier alpha value is -2.62. The molecule has 4 nitrogen and oxygen atoms in total. The second-order valence-electron chi connectivity index (χ2n) is 5.34. The van der Waals surface area contributed by atoms with Crippen molar-refractivity contribution in [2.24, 2.45) is 0 Å². The Labute approximate surface area is 123 Å². The highest BCUT2D eigenvalue weighted by molar-refractivity contribution is 6.05. The molecule has 0 saturated carbocycles. The largest absolute Gasteiger partial charge is 0.322 e. The van der Waals surface area contributed by atoms with Crippen LogP contribution in [-0.4, -0.2) is 15.3 Å². The quantitative estimate of drug-likeness (QED) is 0.780. The average Bonchev–Trinajstić information content (AvgIpc) is 2.81. The SMILES string of the molecule is Cc1ccc(C)c(NC(=O)c2ccn3cc(C)nc3c2)c1. The lowest BCUT2D eigenvalue weighted by Gasteiger charge is -2.09. The summed E-state index contributed by atoms with van der Waals surface area (Å²) in [6, 6.07) is 9.62. The number of carbonyl (C=O) groups excluding carboxylic acids is 1. The first-order valence-electron chi connectivity index (χ1n) is 6.87. The number of anilines is 1. The number of aryl methyl sites for hydroxylation is 3. The lowest BCUT2D eigenvalue weighted by Crippen LogP contribution is -2.13. The number of nitrogens with one attached hydrogen (secondary N) is 1. The van der Waals surface area contributed by atoms with E-state index in [0.29, 0.717) is 5.56 Å². The predicted octanol–water partition coefficient (Wildman–Crippen LogP) is 3.51. The maximum Gasteiger partial charge on any atom is 0.255 e. The first-order chi connectivity index (χ1) is 10.0. The number of benzene rings is 1.